The fourth-order valence-corrected chi connectivity index (χ4v) is 6.70. The molecule has 0 spiro atoms. The molecule has 0 saturated carbocycles. The Hall–Kier alpha value is -3.57. The van der Waals surface area contributed by atoms with Crippen LogP contribution in [0.4, 0.5) is 5.69 Å². The van der Waals surface area contributed by atoms with E-state index in [2.05, 4.69) is 21.2 Å². The largest absolute Gasteiger partial charge is 0.497 e. The molecule has 0 aliphatic rings. The van der Waals surface area contributed by atoms with E-state index in [1.165, 1.54) is 24.1 Å². The number of ether oxygens (including phenoxy) is 2. The molecule has 43 heavy (non-hydrogen) atoms. The summed E-state index contributed by atoms with van der Waals surface area (Å²) < 4.78 is 40.4. The highest BCUT2D eigenvalue weighted by atomic mass is 79.9. The second kappa shape index (κ2) is 15.8. The normalized spacial score (nSPS) is 11.9. The number of unbranched alkanes of at least 4 members (excludes halogenated alkanes) is 1. The molecule has 0 radical (unpaired) electrons. The number of nitrogens with one attached hydrogen (secondary N) is 1. The minimum absolute atomic E-state index is 0.0164. The Bertz CT molecular complexity index is 1500. The maximum absolute atomic E-state index is 14.2. The first-order chi connectivity index (χ1) is 20.5. The molecule has 3 aromatic carbocycles. The summed E-state index contributed by atoms with van der Waals surface area (Å²) in [5.41, 5.74) is 2.01. The average molecular weight is 675 g/mol. The van der Waals surface area contributed by atoms with E-state index >= 15 is 0 Å². The van der Waals surface area contributed by atoms with Crippen LogP contribution in [0.1, 0.15) is 44.2 Å². The zero-order valence-corrected chi connectivity index (χ0v) is 27.7. The predicted octanol–water partition coefficient (Wildman–Crippen LogP) is 5.69. The number of sulfonamides is 1. The molecule has 0 aliphatic heterocycles. The Morgan fingerprint density at radius 2 is 1.70 bits per heavy atom. The lowest BCUT2D eigenvalue weighted by Gasteiger charge is -2.33. The van der Waals surface area contributed by atoms with Crippen LogP contribution in [0.5, 0.6) is 11.5 Å². The quantitative estimate of drug-likeness (QED) is 0.208. The van der Waals surface area contributed by atoms with Gasteiger partial charge in [-0.25, -0.2) is 8.42 Å². The number of benzene rings is 3. The van der Waals surface area contributed by atoms with E-state index in [1.54, 1.807) is 49.6 Å². The van der Waals surface area contributed by atoms with Gasteiger partial charge >= 0.3 is 0 Å². The van der Waals surface area contributed by atoms with Gasteiger partial charge in [0.25, 0.3) is 10.0 Å². The predicted molar refractivity (Wildman–Crippen MR) is 172 cm³/mol. The van der Waals surface area contributed by atoms with Crippen molar-refractivity contribution in [3.63, 3.8) is 0 Å². The molecule has 0 aliphatic carbocycles. The Labute approximate surface area is 263 Å². The first kappa shape index (κ1) is 33.9. The van der Waals surface area contributed by atoms with E-state index in [4.69, 9.17) is 9.47 Å². The van der Waals surface area contributed by atoms with E-state index in [0.717, 1.165) is 28.3 Å². The fourth-order valence-electron chi connectivity index (χ4n) is 4.57. The molecule has 0 aromatic heterocycles. The SMILES string of the molecule is CCCCNC(=O)C(CC)N(Cc1cccc(OC)c1)C(=O)CN(c1ccc(C)cc1)S(=O)(=O)c1ccc(OC)c(Br)c1. The van der Waals surface area contributed by atoms with Crippen molar-refractivity contribution in [3.05, 3.63) is 82.3 Å². The minimum atomic E-state index is -4.22. The van der Waals surface area contributed by atoms with Crippen molar-refractivity contribution < 1.29 is 27.5 Å². The highest BCUT2D eigenvalue weighted by Gasteiger charge is 2.34. The van der Waals surface area contributed by atoms with Gasteiger partial charge in [-0.05, 0) is 83.7 Å². The number of anilines is 1. The van der Waals surface area contributed by atoms with Crippen molar-refractivity contribution in [1.29, 1.82) is 0 Å². The summed E-state index contributed by atoms with van der Waals surface area (Å²) in [5.74, 6) is 0.286. The van der Waals surface area contributed by atoms with Gasteiger partial charge < -0.3 is 19.7 Å². The lowest BCUT2D eigenvalue weighted by Crippen LogP contribution is -2.52. The monoisotopic (exact) mass is 673 g/mol. The van der Waals surface area contributed by atoms with Crippen LogP contribution in [0.3, 0.4) is 0 Å². The van der Waals surface area contributed by atoms with E-state index in [1.807, 2.05) is 32.9 Å². The molecule has 9 nitrogen and oxygen atoms in total. The van der Waals surface area contributed by atoms with Crippen LogP contribution in [0, 0.1) is 6.92 Å². The second-order valence-corrected chi connectivity index (χ2v) is 12.8. The second-order valence-electron chi connectivity index (χ2n) is 10.1. The molecule has 0 heterocycles. The molecular formula is C32H40BrN3O6S. The van der Waals surface area contributed by atoms with Crippen LogP contribution in [-0.2, 0) is 26.2 Å². The van der Waals surface area contributed by atoms with Crippen LogP contribution in [0.15, 0.2) is 76.1 Å². The van der Waals surface area contributed by atoms with Crippen molar-refractivity contribution in [2.24, 2.45) is 0 Å². The number of methoxy groups -OCH3 is 2. The van der Waals surface area contributed by atoms with Crippen LogP contribution in [0.2, 0.25) is 0 Å². The molecule has 0 bridgehead atoms. The summed E-state index contributed by atoms with van der Waals surface area (Å²) in [6.07, 6.45) is 2.06. The lowest BCUT2D eigenvalue weighted by atomic mass is 10.1. The molecule has 0 saturated heterocycles. The van der Waals surface area contributed by atoms with E-state index < -0.39 is 28.5 Å². The molecule has 3 aromatic rings. The van der Waals surface area contributed by atoms with Gasteiger partial charge in [0, 0.05) is 13.1 Å². The Morgan fingerprint density at radius 1 is 0.977 bits per heavy atom. The average Bonchev–Trinajstić information content (AvgIpc) is 3.00. The Kier molecular flexibility index (Phi) is 12.4. The number of hydrogen-bond acceptors (Lipinski definition) is 6. The van der Waals surface area contributed by atoms with Gasteiger partial charge in [0.2, 0.25) is 11.8 Å². The number of amides is 2. The Morgan fingerprint density at radius 3 is 2.30 bits per heavy atom. The van der Waals surface area contributed by atoms with E-state index in [0.29, 0.717) is 34.6 Å². The van der Waals surface area contributed by atoms with Crippen LogP contribution >= 0.6 is 15.9 Å². The third-order valence-electron chi connectivity index (χ3n) is 7.01. The summed E-state index contributed by atoms with van der Waals surface area (Å²) in [7, 11) is -1.17. The van der Waals surface area contributed by atoms with Crippen molar-refractivity contribution in [3.8, 4) is 11.5 Å². The molecule has 1 unspecified atom stereocenters. The fraction of sp³-hybridized carbons (Fsp3) is 0.375. The van der Waals surface area contributed by atoms with Crippen LogP contribution < -0.4 is 19.1 Å². The summed E-state index contributed by atoms with van der Waals surface area (Å²) in [5, 5.41) is 2.94. The number of nitrogens with zero attached hydrogens (tertiary/aromatic N) is 2. The molecule has 0 fully saturated rings. The number of halogens is 1. The van der Waals surface area contributed by atoms with Crippen molar-refractivity contribution in [2.75, 3.05) is 31.6 Å². The first-order valence-corrected chi connectivity index (χ1v) is 16.4. The third kappa shape index (κ3) is 8.73. The van der Waals surface area contributed by atoms with E-state index in [9.17, 15) is 18.0 Å². The molecule has 11 heteroatoms. The minimum Gasteiger partial charge on any atom is -0.497 e. The standard InChI is InChI=1S/C32H40BrN3O6S/c1-6-8-18-34-32(38)29(7-2)35(21-24-10-9-11-26(19-24)41-4)31(37)22-36(25-14-12-23(3)13-15-25)43(39,40)27-16-17-30(42-5)28(33)20-27/h9-17,19-20,29H,6-8,18,21-22H2,1-5H3,(H,34,38). The summed E-state index contributed by atoms with van der Waals surface area (Å²) >= 11 is 3.37. The van der Waals surface area contributed by atoms with Crippen molar-refractivity contribution >= 4 is 43.5 Å². The van der Waals surface area contributed by atoms with Crippen LogP contribution in [0.25, 0.3) is 0 Å². The van der Waals surface area contributed by atoms with Gasteiger partial charge in [-0.1, -0.05) is 50.1 Å². The van der Waals surface area contributed by atoms with Crippen LogP contribution in [-0.4, -0.2) is 58.5 Å². The van der Waals surface area contributed by atoms with Gasteiger partial charge in [-0.2, -0.15) is 0 Å². The number of hydrogen-bond donors (Lipinski definition) is 1. The van der Waals surface area contributed by atoms with Gasteiger partial charge in [0.1, 0.15) is 24.1 Å². The molecule has 1 N–H and O–H groups in total. The topological polar surface area (TPSA) is 105 Å². The summed E-state index contributed by atoms with van der Waals surface area (Å²) in [4.78, 5) is 29.0. The number of aryl methyl sites for hydroxylation is 1. The smallest absolute Gasteiger partial charge is 0.264 e. The maximum Gasteiger partial charge on any atom is 0.264 e. The summed E-state index contributed by atoms with van der Waals surface area (Å²) in [6.45, 7) is 5.82. The highest BCUT2D eigenvalue weighted by molar-refractivity contribution is 9.10. The zero-order chi connectivity index (χ0) is 31.6. The lowest BCUT2D eigenvalue weighted by molar-refractivity contribution is -0.140. The summed E-state index contributed by atoms with van der Waals surface area (Å²) in [6, 6.07) is 17.8. The van der Waals surface area contributed by atoms with Gasteiger partial charge in [-0.15, -0.1) is 0 Å². The maximum atomic E-state index is 14.2. The zero-order valence-electron chi connectivity index (χ0n) is 25.3. The van der Waals surface area contributed by atoms with Gasteiger partial charge in [0.05, 0.1) is 29.3 Å². The van der Waals surface area contributed by atoms with E-state index in [-0.39, 0.29) is 17.3 Å². The molecule has 3 rings (SSSR count). The van der Waals surface area contributed by atoms with Gasteiger partial charge in [0.15, 0.2) is 0 Å². The third-order valence-corrected chi connectivity index (χ3v) is 9.40. The molecule has 2 amide bonds. The highest BCUT2D eigenvalue weighted by Crippen LogP contribution is 2.31. The first-order valence-electron chi connectivity index (χ1n) is 14.2. The molecule has 232 valence electrons. The molecular weight excluding hydrogens is 634 g/mol. The number of carbonyl (C=O) groups excluding carboxylic acids is 2. The number of rotatable bonds is 15. The van der Waals surface area contributed by atoms with Crippen molar-refractivity contribution in [1.82, 2.24) is 10.2 Å². The van der Waals surface area contributed by atoms with Gasteiger partial charge in [-0.3, -0.25) is 13.9 Å². The van der Waals surface area contributed by atoms with Crippen molar-refractivity contribution in [2.45, 2.75) is 57.5 Å². The Balaban J connectivity index is 2.06. The molecule has 1 atom stereocenters. The number of carbonyl (C=O) groups is 2.